The average molecular weight is 542 g/mol. The third-order valence-electron chi connectivity index (χ3n) is 6.90. The maximum Gasteiger partial charge on any atom is 0.419 e. The van der Waals surface area contributed by atoms with E-state index in [1.54, 1.807) is 32.9 Å². The number of carboxylic acids is 1. The van der Waals surface area contributed by atoms with Crippen LogP contribution >= 0.6 is 0 Å². The number of aliphatic hydroxyl groups excluding tert-OH is 1. The highest BCUT2D eigenvalue weighted by atomic mass is 32.2. The summed E-state index contributed by atoms with van der Waals surface area (Å²) in [5.74, 6) is -1.19. The Morgan fingerprint density at radius 2 is 1.76 bits per heavy atom. The van der Waals surface area contributed by atoms with Crippen LogP contribution in [0, 0.1) is 0 Å². The lowest BCUT2D eigenvalue weighted by atomic mass is 10.1. The van der Waals surface area contributed by atoms with Gasteiger partial charge in [-0.2, -0.15) is 4.31 Å². The lowest BCUT2D eigenvalue weighted by molar-refractivity contribution is -0.144. The van der Waals surface area contributed by atoms with Crippen molar-refractivity contribution < 1.29 is 33.0 Å². The molecule has 2 saturated heterocycles. The minimum absolute atomic E-state index is 0.0667. The van der Waals surface area contributed by atoms with E-state index in [1.165, 1.54) is 16.7 Å². The maximum atomic E-state index is 13.5. The lowest BCUT2D eigenvalue weighted by Crippen LogP contribution is -2.54. The predicted octanol–water partition coefficient (Wildman–Crippen LogP) is 3.51. The molecular formula is C27H31N3O7S. The molecule has 2 aliphatic heterocycles. The number of ether oxygens (including phenoxy) is 1. The fourth-order valence-corrected chi connectivity index (χ4v) is 6.66. The van der Waals surface area contributed by atoms with Gasteiger partial charge in [0, 0.05) is 36.3 Å². The first kappa shape index (κ1) is 26.2. The molecule has 2 atom stereocenters. The molecule has 3 aromatic rings. The number of aromatic nitrogens is 1. The predicted molar refractivity (Wildman–Crippen MR) is 142 cm³/mol. The van der Waals surface area contributed by atoms with Gasteiger partial charge in [-0.05, 0) is 63.9 Å². The Morgan fingerprint density at radius 3 is 2.37 bits per heavy atom. The number of sulfonamides is 1. The van der Waals surface area contributed by atoms with Gasteiger partial charge in [0.1, 0.15) is 11.6 Å². The second-order valence-electron chi connectivity index (χ2n) is 10.7. The summed E-state index contributed by atoms with van der Waals surface area (Å²) in [6.07, 6.45) is -0.329. The molecule has 0 bridgehead atoms. The van der Waals surface area contributed by atoms with Crippen molar-refractivity contribution in [2.75, 3.05) is 24.5 Å². The van der Waals surface area contributed by atoms with Crippen LogP contribution in [0.3, 0.4) is 0 Å². The standard InChI is InChI=1S/C27H31N3O7S/c1-27(2,3)37-26(34)30-21-7-5-4-6-17(21)14-24(30)20-15-19(8-9-22(20)28-12-10-18(31)16-28)38(35,36)29-13-11-23(29)25(32)33/h4-9,14-15,18,23,31H,10-13,16H2,1-3H3,(H,32,33). The number of hydrogen-bond acceptors (Lipinski definition) is 7. The van der Waals surface area contributed by atoms with E-state index in [0.717, 1.165) is 9.69 Å². The van der Waals surface area contributed by atoms with E-state index < -0.39 is 39.8 Å². The minimum atomic E-state index is -4.11. The summed E-state index contributed by atoms with van der Waals surface area (Å²) in [5, 5.41) is 20.4. The second-order valence-corrected chi connectivity index (χ2v) is 12.6. The summed E-state index contributed by atoms with van der Waals surface area (Å²) >= 11 is 0. The van der Waals surface area contributed by atoms with Crippen molar-refractivity contribution in [1.82, 2.24) is 8.87 Å². The molecule has 2 aromatic carbocycles. The Kier molecular flexibility index (Phi) is 6.49. The molecule has 10 nitrogen and oxygen atoms in total. The quantitative estimate of drug-likeness (QED) is 0.502. The van der Waals surface area contributed by atoms with Gasteiger partial charge in [-0.15, -0.1) is 0 Å². The van der Waals surface area contributed by atoms with Gasteiger partial charge >= 0.3 is 12.1 Å². The summed E-state index contributed by atoms with van der Waals surface area (Å²) in [6.45, 7) is 6.34. The molecular weight excluding hydrogens is 510 g/mol. The number of carbonyl (C=O) groups is 2. The highest BCUT2D eigenvalue weighted by Gasteiger charge is 2.43. The fourth-order valence-electron chi connectivity index (χ4n) is 5.01. The molecule has 38 heavy (non-hydrogen) atoms. The Bertz CT molecular complexity index is 1520. The van der Waals surface area contributed by atoms with Gasteiger partial charge in [0.05, 0.1) is 22.2 Å². The normalized spacial score (nSPS) is 20.5. The lowest BCUT2D eigenvalue weighted by Gasteiger charge is -2.36. The van der Waals surface area contributed by atoms with Gasteiger partial charge in [0.15, 0.2) is 0 Å². The highest BCUT2D eigenvalue weighted by molar-refractivity contribution is 7.89. The molecule has 0 saturated carbocycles. The number of carbonyl (C=O) groups excluding carboxylic acids is 1. The zero-order valence-corrected chi connectivity index (χ0v) is 22.3. The molecule has 2 N–H and O–H groups in total. The van der Waals surface area contributed by atoms with E-state index in [2.05, 4.69) is 0 Å². The zero-order valence-electron chi connectivity index (χ0n) is 21.5. The third-order valence-corrected chi connectivity index (χ3v) is 8.80. The third kappa shape index (κ3) is 4.65. The van der Waals surface area contributed by atoms with Crippen molar-refractivity contribution in [3.63, 3.8) is 0 Å². The number of nitrogens with zero attached hydrogens (tertiary/aromatic N) is 3. The van der Waals surface area contributed by atoms with E-state index >= 15 is 0 Å². The number of carboxylic acid groups (broad SMARTS) is 1. The molecule has 2 aliphatic rings. The summed E-state index contributed by atoms with van der Waals surface area (Å²) in [5.41, 5.74) is 1.40. The van der Waals surface area contributed by atoms with E-state index in [9.17, 15) is 28.2 Å². The van der Waals surface area contributed by atoms with Gasteiger partial charge in [-0.1, -0.05) is 18.2 Å². The van der Waals surface area contributed by atoms with E-state index in [1.807, 2.05) is 29.2 Å². The van der Waals surface area contributed by atoms with Gasteiger partial charge in [0.2, 0.25) is 10.0 Å². The van der Waals surface area contributed by atoms with Crippen LogP contribution in [-0.2, 0) is 19.6 Å². The van der Waals surface area contributed by atoms with Gasteiger partial charge in [-0.3, -0.25) is 4.79 Å². The SMILES string of the molecule is CC(C)(C)OC(=O)n1c(-c2cc(S(=O)(=O)N3CCC3C(=O)O)ccc2N2CCC(O)C2)cc2ccccc21. The molecule has 0 radical (unpaired) electrons. The Morgan fingerprint density at radius 1 is 1.03 bits per heavy atom. The van der Waals surface area contributed by atoms with Crippen molar-refractivity contribution in [2.24, 2.45) is 0 Å². The number of β-amino-alcohol motifs (C(OH)–C–C–N with tert-alkyl or cyclic N) is 1. The molecule has 0 amide bonds. The van der Waals surface area contributed by atoms with Crippen molar-refractivity contribution in [3.05, 3.63) is 48.5 Å². The molecule has 0 spiro atoms. The van der Waals surface area contributed by atoms with Crippen LogP contribution in [0.4, 0.5) is 10.5 Å². The van der Waals surface area contributed by atoms with Gasteiger partial charge < -0.3 is 19.8 Å². The molecule has 2 fully saturated rings. The van der Waals surface area contributed by atoms with E-state index in [-0.39, 0.29) is 17.9 Å². The Hall–Kier alpha value is -3.41. The molecule has 202 valence electrons. The minimum Gasteiger partial charge on any atom is -0.480 e. The maximum absolute atomic E-state index is 13.5. The molecule has 1 aromatic heterocycles. The zero-order chi connectivity index (χ0) is 27.4. The monoisotopic (exact) mass is 541 g/mol. The van der Waals surface area contributed by atoms with Crippen LogP contribution < -0.4 is 4.90 Å². The summed E-state index contributed by atoms with van der Waals surface area (Å²) < 4.78 is 35.1. The Balaban J connectivity index is 1.71. The van der Waals surface area contributed by atoms with Crippen molar-refractivity contribution in [3.8, 4) is 11.3 Å². The first-order valence-electron chi connectivity index (χ1n) is 12.5. The van der Waals surface area contributed by atoms with Crippen LogP contribution in [0.15, 0.2) is 53.4 Å². The first-order valence-corrected chi connectivity index (χ1v) is 14.0. The number of rotatable bonds is 5. The van der Waals surface area contributed by atoms with Crippen molar-refractivity contribution >= 4 is 38.7 Å². The fraction of sp³-hybridized carbons (Fsp3) is 0.407. The van der Waals surface area contributed by atoms with Gasteiger partial charge in [0.25, 0.3) is 0 Å². The summed E-state index contributed by atoms with van der Waals surface area (Å²) in [6, 6.07) is 12.6. The van der Waals surface area contributed by atoms with E-state index in [0.29, 0.717) is 42.0 Å². The van der Waals surface area contributed by atoms with Crippen molar-refractivity contribution in [2.45, 2.75) is 56.3 Å². The molecule has 3 heterocycles. The first-order chi connectivity index (χ1) is 17.9. The second kappa shape index (κ2) is 9.40. The number of fused-ring (bicyclic) bond motifs is 1. The van der Waals surface area contributed by atoms with Crippen LogP contribution in [0.1, 0.15) is 33.6 Å². The van der Waals surface area contributed by atoms with Crippen LogP contribution in [0.25, 0.3) is 22.2 Å². The van der Waals surface area contributed by atoms with Crippen molar-refractivity contribution in [1.29, 1.82) is 0 Å². The number of aliphatic carboxylic acids is 1. The summed E-state index contributed by atoms with van der Waals surface area (Å²) in [7, 11) is -4.11. The number of hydrogen-bond donors (Lipinski definition) is 2. The van der Waals surface area contributed by atoms with Gasteiger partial charge in [-0.25, -0.2) is 17.8 Å². The molecule has 5 rings (SSSR count). The largest absolute Gasteiger partial charge is 0.480 e. The molecule has 11 heteroatoms. The number of anilines is 1. The summed E-state index contributed by atoms with van der Waals surface area (Å²) in [4.78, 5) is 26.9. The van der Waals surface area contributed by atoms with Crippen LogP contribution in [-0.4, -0.2) is 76.9 Å². The Labute approximate surface area is 221 Å². The average Bonchev–Trinajstić information content (AvgIpc) is 3.39. The number of benzene rings is 2. The number of aliphatic hydroxyl groups is 1. The highest BCUT2D eigenvalue weighted by Crippen LogP contribution is 2.39. The van der Waals surface area contributed by atoms with E-state index in [4.69, 9.17) is 4.74 Å². The smallest absolute Gasteiger partial charge is 0.419 e. The van der Waals surface area contributed by atoms with Crippen LogP contribution in [0.5, 0.6) is 0 Å². The number of para-hydroxylation sites is 1. The van der Waals surface area contributed by atoms with Crippen LogP contribution in [0.2, 0.25) is 0 Å². The molecule has 2 unspecified atom stereocenters. The molecule has 0 aliphatic carbocycles. The topological polar surface area (TPSA) is 129 Å².